The third kappa shape index (κ3) is 3.32. The van der Waals surface area contributed by atoms with Gasteiger partial charge in [-0.2, -0.15) is 0 Å². The lowest BCUT2D eigenvalue weighted by Crippen LogP contribution is -1.97. The second-order valence-corrected chi connectivity index (χ2v) is 4.92. The zero-order chi connectivity index (χ0) is 15.4. The van der Waals surface area contributed by atoms with E-state index in [2.05, 4.69) is 20.3 Å². The Morgan fingerprint density at radius 1 is 0.955 bits per heavy atom. The Morgan fingerprint density at radius 2 is 1.77 bits per heavy atom. The Morgan fingerprint density at radius 3 is 2.55 bits per heavy atom. The van der Waals surface area contributed by atoms with Crippen molar-refractivity contribution >= 4 is 23.1 Å². The van der Waals surface area contributed by atoms with E-state index in [1.807, 2.05) is 36.4 Å². The van der Waals surface area contributed by atoms with Gasteiger partial charge >= 0.3 is 0 Å². The van der Waals surface area contributed by atoms with E-state index >= 15 is 0 Å². The van der Waals surface area contributed by atoms with Gasteiger partial charge in [0.15, 0.2) is 0 Å². The van der Waals surface area contributed by atoms with Gasteiger partial charge in [-0.15, -0.1) is 0 Å². The maximum Gasteiger partial charge on any atom is 0.213 e. The lowest BCUT2D eigenvalue weighted by molar-refractivity contribution is 0.398. The predicted octanol–water partition coefficient (Wildman–Crippen LogP) is 3.94. The number of halogens is 1. The Hall–Kier alpha value is -2.66. The third-order valence-corrected chi connectivity index (χ3v) is 3.20. The number of benzene rings is 1. The van der Waals surface area contributed by atoms with E-state index in [1.54, 1.807) is 25.6 Å². The molecular weight excluding hydrogens is 300 g/mol. The van der Waals surface area contributed by atoms with E-state index in [0.29, 0.717) is 28.1 Å². The molecule has 0 aliphatic rings. The van der Waals surface area contributed by atoms with Crippen LogP contribution in [0, 0.1) is 0 Å². The van der Waals surface area contributed by atoms with Crippen LogP contribution in [0.3, 0.4) is 0 Å². The number of aromatic nitrogens is 3. The minimum atomic E-state index is 0.537. The molecule has 0 bridgehead atoms. The maximum atomic E-state index is 5.87. The van der Waals surface area contributed by atoms with E-state index in [-0.39, 0.29) is 0 Å². The summed E-state index contributed by atoms with van der Waals surface area (Å²) in [6.07, 6.45) is 3.31. The van der Waals surface area contributed by atoms with Gasteiger partial charge in [0.2, 0.25) is 5.88 Å². The molecule has 1 aromatic carbocycles. The molecule has 2 heterocycles. The Labute approximate surface area is 133 Å². The van der Waals surface area contributed by atoms with Crippen LogP contribution in [0.2, 0.25) is 5.02 Å². The Bertz CT molecular complexity index is 777. The van der Waals surface area contributed by atoms with Crippen molar-refractivity contribution in [3.8, 4) is 17.3 Å². The zero-order valence-electron chi connectivity index (χ0n) is 11.8. The van der Waals surface area contributed by atoms with Gasteiger partial charge in [0.1, 0.15) is 11.5 Å². The van der Waals surface area contributed by atoms with Gasteiger partial charge in [0.25, 0.3) is 0 Å². The highest BCUT2D eigenvalue weighted by Crippen LogP contribution is 2.21. The molecule has 0 saturated heterocycles. The number of nitrogens with one attached hydrogen (secondary N) is 1. The van der Waals surface area contributed by atoms with E-state index in [4.69, 9.17) is 16.3 Å². The highest BCUT2D eigenvalue weighted by molar-refractivity contribution is 6.30. The highest BCUT2D eigenvalue weighted by atomic mass is 35.5. The van der Waals surface area contributed by atoms with Gasteiger partial charge in [-0.05, 0) is 30.3 Å². The quantitative estimate of drug-likeness (QED) is 0.790. The first-order chi connectivity index (χ1) is 10.7. The summed E-state index contributed by atoms with van der Waals surface area (Å²) in [5, 5.41) is 3.86. The number of hydrogen-bond acceptors (Lipinski definition) is 5. The molecule has 0 amide bonds. The van der Waals surface area contributed by atoms with Crippen molar-refractivity contribution in [1.82, 2.24) is 15.0 Å². The van der Waals surface area contributed by atoms with E-state index < -0.39 is 0 Å². The molecular formula is C16H13ClN4O. The van der Waals surface area contributed by atoms with Gasteiger partial charge in [0, 0.05) is 16.8 Å². The largest absolute Gasteiger partial charge is 0.481 e. The minimum absolute atomic E-state index is 0.537. The van der Waals surface area contributed by atoms with Crippen molar-refractivity contribution in [1.29, 1.82) is 0 Å². The minimum Gasteiger partial charge on any atom is -0.481 e. The Kier molecular flexibility index (Phi) is 4.16. The molecule has 0 aliphatic carbocycles. The summed E-state index contributed by atoms with van der Waals surface area (Å²) >= 11 is 5.87. The SMILES string of the molecule is COc1cccc(-c2cncc(Nc3ccc(Cl)cc3)n2)n1. The lowest BCUT2D eigenvalue weighted by Gasteiger charge is -2.07. The molecule has 0 spiro atoms. The molecule has 3 aromatic rings. The van der Waals surface area contributed by atoms with Crippen LogP contribution in [0.25, 0.3) is 11.4 Å². The molecule has 6 heteroatoms. The molecule has 0 unspecified atom stereocenters. The fraction of sp³-hybridized carbons (Fsp3) is 0.0625. The summed E-state index contributed by atoms with van der Waals surface area (Å²) in [5.41, 5.74) is 2.25. The van der Waals surface area contributed by atoms with Crippen LogP contribution in [0.1, 0.15) is 0 Å². The number of pyridine rings is 1. The summed E-state index contributed by atoms with van der Waals surface area (Å²) in [6.45, 7) is 0. The molecule has 2 aromatic heterocycles. The van der Waals surface area contributed by atoms with Crippen LogP contribution < -0.4 is 10.1 Å². The fourth-order valence-electron chi connectivity index (χ4n) is 1.90. The van der Waals surface area contributed by atoms with Crippen LogP contribution in [0.4, 0.5) is 11.5 Å². The van der Waals surface area contributed by atoms with Gasteiger partial charge in [0.05, 0.1) is 25.2 Å². The predicted molar refractivity (Wildman–Crippen MR) is 86.5 cm³/mol. The molecule has 0 radical (unpaired) electrons. The summed E-state index contributed by atoms with van der Waals surface area (Å²) in [6, 6.07) is 12.9. The van der Waals surface area contributed by atoms with Crippen LogP contribution in [0.15, 0.2) is 54.9 Å². The normalized spacial score (nSPS) is 10.3. The summed E-state index contributed by atoms with van der Waals surface area (Å²) in [4.78, 5) is 13.1. The molecule has 110 valence electrons. The smallest absolute Gasteiger partial charge is 0.213 e. The average molecular weight is 313 g/mol. The number of ether oxygens (including phenoxy) is 1. The number of rotatable bonds is 4. The lowest BCUT2D eigenvalue weighted by atomic mass is 10.3. The standard InChI is InChI=1S/C16H13ClN4O/c1-22-16-4-2-3-13(21-16)14-9-18-10-15(20-14)19-12-7-5-11(17)6-8-12/h2-10H,1H3,(H,19,20). The first kappa shape index (κ1) is 14.3. The van der Waals surface area contributed by atoms with Crippen molar-refractivity contribution in [3.05, 3.63) is 59.9 Å². The van der Waals surface area contributed by atoms with Crippen LogP contribution in [-0.2, 0) is 0 Å². The molecule has 5 nitrogen and oxygen atoms in total. The monoisotopic (exact) mass is 312 g/mol. The van der Waals surface area contributed by atoms with Gasteiger partial charge in [-0.25, -0.2) is 9.97 Å². The van der Waals surface area contributed by atoms with Crippen molar-refractivity contribution in [2.75, 3.05) is 12.4 Å². The van der Waals surface area contributed by atoms with E-state index in [0.717, 1.165) is 5.69 Å². The maximum absolute atomic E-state index is 5.87. The van der Waals surface area contributed by atoms with Crippen molar-refractivity contribution in [2.24, 2.45) is 0 Å². The van der Waals surface area contributed by atoms with Crippen molar-refractivity contribution in [2.45, 2.75) is 0 Å². The number of anilines is 2. The second-order valence-electron chi connectivity index (χ2n) is 4.49. The average Bonchev–Trinajstić information content (AvgIpc) is 2.57. The topological polar surface area (TPSA) is 59.9 Å². The van der Waals surface area contributed by atoms with E-state index in [1.165, 1.54) is 0 Å². The molecule has 22 heavy (non-hydrogen) atoms. The molecule has 3 rings (SSSR count). The number of nitrogens with zero attached hydrogens (tertiary/aromatic N) is 3. The number of hydrogen-bond donors (Lipinski definition) is 1. The van der Waals surface area contributed by atoms with Crippen LogP contribution >= 0.6 is 11.6 Å². The summed E-state index contributed by atoms with van der Waals surface area (Å²) < 4.78 is 5.13. The van der Waals surface area contributed by atoms with Gasteiger partial charge in [-0.3, -0.25) is 4.98 Å². The molecule has 1 N–H and O–H groups in total. The summed E-state index contributed by atoms with van der Waals surface area (Å²) in [5.74, 6) is 1.17. The van der Waals surface area contributed by atoms with E-state index in [9.17, 15) is 0 Å². The molecule has 0 saturated carbocycles. The number of methoxy groups -OCH3 is 1. The van der Waals surface area contributed by atoms with Gasteiger partial charge < -0.3 is 10.1 Å². The third-order valence-electron chi connectivity index (χ3n) is 2.95. The van der Waals surface area contributed by atoms with Crippen molar-refractivity contribution < 1.29 is 4.74 Å². The second kappa shape index (κ2) is 6.41. The first-order valence-electron chi connectivity index (χ1n) is 6.60. The highest BCUT2D eigenvalue weighted by Gasteiger charge is 2.05. The molecule has 0 fully saturated rings. The summed E-state index contributed by atoms with van der Waals surface area (Å²) in [7, 11) is 1.58. The fourth-order valence-corrected chi connectivity index (χ4v) is 2.03. The van der Waals surface area contributed by atoms with Crippen molar-refractivity contribution in [3.63, 3.8) is 0 Å². The van der Waals surface area contributed by atoms with Gasteiger partial charge in [-0.1, -0.05) is 17.7 Å². The van der Waals surface area contributed by atoms with Crippen LogP contribution in [-0.4, -0.2) is 22.1 Å². The Balaban J connectivity index is 1.87. The molecule has 0 aliphatic heterocycles. The van der Waals surface area contributed by atoms with Crippen LogP contribution in [0.5, 0.6) is 5.88 Å². The molecule has 0 atom stereocenters. The first-order valence-corrected chi connectivity index (χ1v) is 6.98. The zero-order valence-corrected chi connectivity index (χ0v) is 12.6.